The van der Waals surface area contributed by atoms with Gasteiger partial charge in [-0.2, -0.15) is 0 Å². The zero-order chi connectivity index (χ0) is 8.43. The van der Waals surface area contributed by atoms with Crippen LogP contribution < -0.4 is 0 Å². The highest BCUT2D eigenvalue weighted by atomic mass is 16.7. The first-order valence-electron chi connectivity index (χ1n) is 3.69. The maximum absolute atomic E-state index is 9.24. The Balaban J connectivity index is 2.47. The fraction of sp³-hybridized carbons (Fsp3) is 1.00. The van der Waals surface area contributed by atoms with E-state index in [2.05, 4.69) is 0 Å². The van der Waals surface area contributed by atoms with E-state index in [0.717, 1.165) is 0 Å². The zero-order valence-corrected chi connectivity index (χ0v) is 6.73. The van der Waals surface area contributed by atoms with Gasteiger partial charge in [-0.25, -0.2) is 0 Å². The highest BCUT2D eigenvalue weighted by Crippen LogP contribution is 2.19. The lowest BCUT2D eigenvalue weighted by atomic mass is 10.0. The van der Waals surface area contributed by atoms with Gasteiger partial charge in [0, 0.05) is 13.5 Å². The molecule has 1 aliphatic heterocycles. The molecule has 0 bridgehead atoms. The zero-order valence-electron chi connectivity index (χ0n) is 6.73. The van der Waals surface area contributed by atoms with Crippen molar-refractivity contribution >= 4 is 0 Å². The number of methoxy groups -OCH3 is 1. The molecule has 0 aromatic carbocycles. The monoisotopic (exact) mass is 162 g/mol. The third kappa shape index (κ3) is 1.90. The number of aliphatic hydroxyl groups is 2. The van der Waals surface area contributed by atoms with Gasteiger partial charge in [-0.3, -0.25) is 0 Å². The van der Waals surface area contributed by atoms with Crippen LogP contribution in [0.15, 0.2) is 0 Å². The minimum absolute atomic E-state index is 0.335. The molecule has 0 aliphatic carbocycles. The molecule has 0 saturated carbocycles. The maximum Gasteiger partial charge on any atom is 0.160 e. The molecule has 4 nitrogen and oxygen atoms in total. The molecular weight excluding hydrogens is 148 g/mol. The number of hydrogen-bond donors (Lipinski definition) is 2. The van der Waals surface area contributed by atoms with Crippen molar-refractivity contribution in [3.63, 3.8) is 0 Å². The minimum Gasteiger partial charge on any atom is -0.390 e. The standard InChI is InChI=1S/C7H14O4/c1-4-7(9)5(8)3-6(10-2)11-4/h4-9H,3H2,1-2H3/t4-,5+,6-,7-/m1/s1. The average molecular weight is 162 g/mol. The Bertz CT molecular complexity index is 116. The quantitative estimate of drug-likeness (QED) is 0.545. The predicted octanol–water partition coefficient (Wildman–Crippen LogP) is -0.510. The van der Waals surface area contributed by atoms with Crippen molar-refractivity contribution in [1.29, 1.82) is 0 Å². The summed E-state index contributed by atoms with van der Waals surface area (Å²) in [7, 11) is 1.52. The van der Waals surface area contributed by atoms with Crippen LogP contribution in [0.1, 0.15) is 13.3 Å². The van der Waals surface area contributed by atoms with Crippen LogP contribution in [0.4, 0.5) is 0 Å². The summed E-state index contributed by atoms with van der Waals surface area (Å²) in [5.74, 6) is 0. The molecule has 0 amide bonds. The van der Waals surface area contributed by atoms with Crippen LogP contribution in [0.5, 0.6) is 0 Å². The fourth-order valence-corrected chi connectivity index (χ4v) is 1.18. The summed E-state index contributed by atoms with van der Waals surface area (Å²) >= 11 is 0. The Morgan fingerprint density at radius 1 is 1.45 bits per heavy atom. The number of rotatable bonds is 1. The molecule has 2 N–H and O–H groups in total. The molecule has 1 heterocycles. The molecule has 0 aromatic rings. The smallest absolute Gasteiger partial charge is 0.160 e. The number of aliphatic hydroxyl groups excluding tert-OH is 2. The van der Waals surface area contributed by atoms with E-state index in [9.17, 15) is 10.2 Å². The van der Waals surface area contributed by atoms with E-state index in [1.54, 1.807) is 6.92 Å². The van der Waals surface area contributed by atoms with Gasteiger partial charge in [0.25, 0.3) is 0 Å². The Labute approximate surface area is 65.7 Å². The Morgan fingerprint density at radius 3 is 2.55 bits per heavy atom. The summed E-state index contributed by atoms with van der Waals surface area (Å²) in [6.07, 6.45) is -1.93. The van der Waals surface area contributed by atoms with Crippen molar-refractivity contribution in [3.8, 4) is 0 Å². The fourth-order valence-electron chi connectivity index (χ4n) is 1.18. The Kier molecular flexibility index (Phi) is 2.84. The molecule has 1 saturated heterocycles. The van der Waals surface area contributed by atoms with Crippen LogP contribution in [-0.4, -0.2) is 41.9 Å². The van der Waals surface area contributed by atoms with E-state index in [1.807, 2.05) is 0 Å². The van der Waals surface area contributed by atoms with Crippen LogP contribution >= 0.6 is 0 Å². The van der Waals surface area contributed by atoms with E-state index >= 15 is 0 Å². The molecule has 0 aromatic heterocycles. The van der Waals surface area contributed by atoms with Gasteiger partial charge in [0.1, 0.15) is 6.10 Å². The van der Waals surface area contributed by atoms with Crippen LogP contribution in [0.2, 0.25) is 0 Å². The normalized spacial score (nSPS) is 45.8. The van der Waals surface area contributed by atoms with Gasteiger partial charge >= 0.3 is 0 Å². The molecular formula is C7H14O4. The molecule has 11 heavy (non-hydrogen) atoms. The average Bonchev–Trinajstić information content (AvgIpc) is 1.99. The summed E-state index contributed by atoms with van der Waals surface area (Å²) in [6.45, 7) is 1.71. The van der Waals surface area contributed by atoms with Gasteiger partial charge in [0.15, 0.2) is 6.29 Å². The van der Waals surface area contributed by atoms with Gasteiger partial charge in [-0.05, 0) is 6.92 Å². The summed E-state index contributed by atoms with van der Waals surface area (Å²) in [5, 5.41) is 18.5. The van der Waals surface area contributed by atoms with Crippen molar-refractivity contribution in [1.82, 2.24) is 0 Å². The lowest BCUT2D eigenvalue weighted by Crippen LogP contribution is -2.47. The van der Waals surface area contributed by atoms with Crippen molar-refractivity contribution < 1.29 is 19.7 Å². The molecule has 4 heteroatoms. The summed E-state index contributed by atoms with van der Waals surface area (Å²) in [4.78, 5) is 0. The van der Waals surface area contributed by atoms with Crippen molar-refractivity contribution in [3.05, 3.63) is 0 Å². The molecule has 0 spiro atoms. The summed E-state index contributed by atoms with van der Waals surface area (Å²) < 4.78 is 10.1. The second-order valence-corrected chi connectivity index (χ2v) is 2.80. The Morgan fingerprint density at radius 2 is 2.09 bits per heavy atom. The number of ether oxygens (including phenoxy) is 2. The van der Waals surface area contributed by atoms with E-state index in [4.69, 9.17) is 9.47 Å². The van der Waals surface area contributed by atoms with Crippen molar-refractivity contribution in [2.75, 3.05) is 7.11 Å². The first-order chi connectivity index (χ1) is 5.15. The highest BCUT2D eigenvalue weighted by molar-refractivity contribution is 4.79. The highest BCUT2D eigenvalue weighted by Gasteiger charge is 2.33. The van der Waals surface area contributed by atoms with Gasteiger partial charge in [0.05, 0.1) is 12.2 Å². The van der Waals surface area contributed by atoms with Crippen LogP contribution in [0, 0.1) is 0 Å². The van der Waals surface area contributed by atoms with E-state index in [-0.39, 0.29) is 12.4 Å². The van der Waals surface area contributed by atoms with Gasteiger partial charge in [-0.1, -0.05) is 0 Å². The molecule has 4 atom stereocenters. The van der Waals surface area contributed by atoms with Gasteiger partial charge in [0.2, 0.25) is 0 Å². The minimum atomic E-state index is -0.790. The SMILES string of the molecule is CO[C@H]1C[C@H](O)[C@H](O)[C@@H](C)O1. The summed E-state index contributed by atoms with van der Waals surface area (Å²) in [6, 6.07) is 0. The lowest BCUT2D eigenvalue weighted by molar-refractivity contribution is -0.237. The topological polar surface area (TPSA) is 58.9 Å². The maximum atomic E-state index is 9.24. The number of hydrogen-bond acceptors (Lipinski definition) is 4. The van der Waals surface area contributed by atoms with E-state index in [0.29, 0.717) is 6.42 Å². The molecule has 66 valence electrons. The molecule has 1 aliphatic rings. The molecule has 1 rings (SSSR count). The van der Waals surface area contributed by atoms with Crippen molar-refractivity contribution in [2.24, 2.45) is 0 Å². The Hall–Kier alpha value is -0.160. The second-order valence-electron chi connectivity index (χ2n) is 2.80. The third-order valence-corrected chi connectivity index (χ3v) is 1.94. The van der Waals surface area contributed by atoms with Crippen LogP contribution in [0.3, 0.4) is 0 Å². The predicted molar refractivity (Wildman–Crippen MR) is 38.0 cm³/mol. The first-order valence-corrected chi connectivity index (χ1v) is 3.69. The summed E-state index contributed by atoms with van der Waals surface area (Å²) in [5.41, 5.74) is 0. The van der Waals surface area contributed by atoms with Crippen molar-refractivity contribution in [2.45, 2.75) is 37.9 Å². The van der Waals surface area contributed by atoms with Gasteiger partial charge in [-0.15, -0.1) is 0 Å². The first kappa shape index (κ1) is 8.93. The van der Waals surface area contributed by atoms with Gasteiger partial charge < -0.3 is 19.7 Å². The van der Waals surface area contributed by atoms with Crippen LogP contribution in [0.25, 0.3) is 0 Å². The molecule has 0 radical (unpaired) electrons. The van der Waals surface area contributed by atoms with E-state index in [1.165, 1.54) is 7.11 Å². The second kappa shape index (κ2) is 3.49. The van der Waals surface area contributed by atoms with E-state index < -0.39 is 12.2 Å². The lowest BCUT2D eigenvalue weighted by Gasteiger charge is -2.34. The largest absolute Gasteiger partial charge is 0.390 e. The third-order valence-electron chi connectivity index (χ3n) is 1.94. The molecule has 0 unspecified atom stereocenters. The molecule has 1 fully saturated rings. The van der Waals surface area contributed by atoms with Crippen LogP contribution in [-0.2, 0) is 9.47 Å².